The first-order valence-corrected chi connectivity index (χ1v) is 8.44. The molecule has 0 aliphatic heterocycles. The molecule has 0 bridgehead atoms. The fraction of sp³-hybridized carbons (Fsp3) is 0.267. The van der Waals surface area contributed by atoms with Gasteiger partial charge in [0, 0.05) is 47.4 Å². The fourth-order valence-corrected chi connectivity index (χ4v) is 3.08. The van der Waals surface area contributed by atoms with Gasteiger partial charge in [-0.05, 0) is 23.8 Å². The molecule has 0 aliphatic rings. The van der Waals surface area contributed by atoms with Crippen molar-refractivity contribution in [3.63, 3.8) is 0 Å². The third kappa shape index (κ3) is 5.82. The molecule has 122 valence electrons. The van der Waals surface area contributed by atoms with Gasteiger partial charge >= 0.3 is 0 Å². The minimum Gasteiger partial charge on any atom is -0.356 e. The smallest absolute Gasteiger partial charge is 0.227 e. The van der Waals surface area contributed by atoms with Crippen molar-refractivity contribution in [3.8, 4) is 0 Å². The van der Waals surface area contributed by atoms with Crippen LogP contribution in [0.1, 0.15) is 23.8 Å². The summed E-state index contributed by atoms with van der Waals surface area (Å²) < 4.78 is 0. The van der Waals surface area contributed by atoms with Gasteiger partial charge in [0.15, 0.2) is 5.13 Å². The van der Waals surface area contributed by atoms with Crippen molar-refractivity contribution in [3.05, 3.63) is 44.9 Å². The largest absolute Gasteiger partial charge is 0.356 e. The predicted octanol–water partition coefficient (Wildman–Crippen LogP) is 3.51. The van der Waals surface area contributed by atoms with E-state index in [0.29, 0.717) is 28.1 Å². The number of anilines is 1. The molecule has 0 saturated heterocycles. The number of hydrogen-bond donors (Lipinski definition) is 2. The highest BCUT2D eigenvalue weighted by atomic mass is 35.5. The quantitative estimate of drug-likeness (QED) is 0.815. The van der Waals surface area contributed by atoms with Crippen LogP contribution in [0, 0.1) is 0 Å². The Hall–Kier alpha value is -1.63. The lowest BCUT2D eigenvalue weighted by atomic mass is 10.1. The molecule has 0 unspecified atom stereocenters. The Morgan fingerprint density at radius 1 is 1.30 bits per heavy atom. The zero-order valence-electron chi connectivity index (χ0n) is 12.4. The van der Waals surface area contributed by atoms with Gasteiger partial charge in [-0.1, -0.05) is 23.2 Å². The monoisotopic (exact) mass is 371 g/mol. The Kier molecular flexibility index (Phi) is 6.38. The summed E-state index contributed by atoms with van der Waals surface area (Å²) in [6.45, 7) is 1.71. The Bertz CT molecular complexity index is 718. The van der Waals surface area contributed by atoms with Crippen LogP contribution in [0.4, 0.5) is 5.13 Å². The van der Waals surface area contributed by atoms with Gasteiger partial charge in [0.2, 0.25) is 11.8 Å². The molecule has 0 aliphatic carbocycles. The lowest BCUT2D eigenvalue weighted by molar-refractivity contribution is -0.119. The van der Waals surface area contributed by atoms with Crippen LogP contribution in [-0.2, 0) is 16.0 Å². The van der Waals surface area contributed by atoms with Crippen molar-refractivity contribution in [2.75, 3.05) is 11.9 Å². The molecular formula is C15H15Cl2N3O2S. The number of benzene rings is 1. The Labute approximate surface area is 148 Å². The molecule has 0 radical (unpaired) electrons. The van der Waals surface area contributed by atoms with Gasteiger partial charge in [0.05, 0.1) is 0 Å². The summed E-state index contributed by atoms with van der Waals surface area (Å²) in [5.41, 5.74) is 0.909. The van der Waals surface area contributed by atoms with Gasteiger partial charge in [-0.25, -0.2) is 4.98 Å². The van der Waals surface area contributed by atoms with Crippen LogP contribution >= 0.6 is 34.5 Å². The number of rotatable bonds is 6. The van der Waals surface area contributed by atoms with Gasteiger partial charge in [0.25, 0.3) is 0 Å². The molecule has 2 rings (SSSR count). The van der Waals surface area contributed by atoms with E-state index in [4.69, 9.17) is 23.2 Å². The van der Waals surface area contributed by atoms with Gasteiger partial charge < -0.3 is 10.6 Å². The van der Waals surface area contributed by atoms with E-state index in [9.17, 15) is 9.59 Å². The van der Waals surface area contributed by atoms with Crippen LogP contribution in [0.25, 0.3) is 0 Å². The van der Waals surface area contributed by atoms with Crippen molar-refractivity contribution < 1.29 is 9.59 Å². The highest BCUT2D eigenvalue weighted by Crippen LogP contribution is 2.26. The molecule has 2 N–H and O–H groups in total. The number of nitrogens with one attached hydrogen (secondary N) is 2. The standard InChI is InChI=1S/C15H15Cl2N3O2S/c1-9(21)18-5-4-14(22)20-15-19-8-12(23-15)7-10-6-11(16)2-3-13(10)17/h2-3,6,8H,4-5,7H2,1H3,(H,18,21)(H,19,20,22). The van der Waals surface area contributed by atoms with Crippen LogP contribution in [0.2, 0.25) is 10.0 Å². The summed E-state index contributed by atoms with van der Waals surface area (Å²) in [6, 6.07) is 5.31. The van der Waals surface area contributed by atoms with Crippen LogP contribution in [0.5, 0.6) is 0 Å². The second kappa shape index (κ2) is 8.29. The van der Waals surface area contributed by atoms with Crippen molar-refractivity contribution in [2.45, 2.75) is 19.8 Å². The summed E-state index contributed by atoms with van der Waals surface area (Å²) in [4.78, 5) is 27.6. The molecule has 0 spiro atoms. The molecule has 1 heterocycles. The second-order valence-electron chi connectivity index (χ2n) is 4.83. The van der Waals surface area contributed by atoms with Gasteiger partial charge in [-0.2, -0.15) is 0 Å². The molecule has 0 atom stereocenters. The minimum atomic E-state index is -0.194. The van der Waals surface area contributed by atoms with E-state index in [-0.39, 0.29) is 18.2 Å². The third-order valence-corrected chi connectivity index (χ3v) is 4.41. The number of carbonyl (C=O) groups excluding carboxylic acids is 2. The van der Waals surface area contributed by atoms with Gasteiger partial charge in [0.1, 0.15) is 0 Å². The topological polar surface area (TPSA) is 71.1 Å². The summed E-state index contributed by atoms with van der Waals surface area (Å²) in [5, 5.41) is 7.06. The second-order valence-corrected chi connectivity index (χ2v) is 6.78. The van der Waals surface area contributed by atoms with E-state index >= 15 is 0 Å². The number of nitrogens with zero attached hydrogens (tertiary/aromatic N) is 1. The van der Waals surface area contributed by atoms with Gasteiger partial charge in [-0.15, -0.1) is 11.3 Å². The number of carbonyl (C=O) groups is 2. The maximum atomic E-state index is 11.7. The number of halogens is 2. The first-order chi connectivity index (χ1) is 10.9. The Balaban J connectivity index is 1.91. The third-order valence-electron chi connectivity index (χ3n) is 2.90. The van der Waals surface area contributed by atoms with E-state index in [1.807, 2.05) is 6.07 Å². The Morgan fingerprint density at radius 3 is 2.83 bits per heavy atom. The first-order valence-electron chi connectivity index (χ1n) is 6.87. The molecule has 8 heteroatoms. The van der Waals surface area contributed by atoms with Crippen molar-refractivity contribution in [1.29, 1.82) is 0 Å². The number of hydrogen-bond acceptors (Lipinski definition) is 4. The fourth-order valence-electron chi connectivity index (χ4n) is 1.85. The van der Waals surface area contributed by atoms with Crippen molar-refractivity contribution in [2.24, 2.45) is 0 Å². The Morgan fingerprint density at radius 2 is 2.09 bits per heavy atom. The molecule has 5 nitrogen and oxygen atoms in total. The molecule has 1 aromatic heterocycles. The maximum Gasteiger partial charge on any atom is 0.227 e. The van der Waals surface area contributed by atoms with Crippen molar-refractivity contribution in [1.82, 2.24) is 10.3 Å². The normalized spacial score (nSPS) is 10.4. The lowest BCUT2D eigenvalue weighted by Crippen LogP contribution is -2.25. The minimum absolute atomic E-state index is 0.160. The number of thiazole rings is 1. The highest BCUT2D eigenvalue weighted by molar-refractivity contribution is 7.15. The lowest BCUT2D eigenvalue weighted by Gasteiger charge is -2.03. The number of aromatic nitrogens is 1. The SMILES string of the molecule is CC(=O)NCCC(=O)Nc1ncc(Cc2cc(Cl)ccc2Cl)s1. The molecule has 0 saturated carbocycles. The van der Waals surface area contributed by atoms with E-state index in [1.165, 1.54) is 18.3 Å². The molecule has 23 heavy (non-hydrogen) atoms. The molecule has 0 fully saturated rings. The van der Waals surface area contributed by atoms with E-state index < -0.39 is 0 Å². The van der Waals surface area contributed by atoms with Crippen LogP contribution in [-0.4, -0.2) is 23.3 Å². The molecule has 1 aromatic carbocycles. The van der Waals surface area contributed by atoms with E-state index in [2.05, 4.69) is 15.6 Å². The summed E-state index contributed by atoms with van der Waals surface area (Å²) >= 11 is 13.5. The predicted molar refractivity (Wildman–Crippen MR) is 93.3 cm³/mol. The van der Waals surface area contributed by atoms with E-state index in [0.717, 1.165) is 10.4 Å². The van der Waals surface area contributed by atoms with Crippen LogP contribution < -0.4 is 10.6 Å². The average Bonchev–Trinajstić information content (AvgIpc) is 2.89. The summed E-state index contributed by atoms with van der Waals surface area (Å²) in [5.74, 6) is -0.354. The van der Waals surface area contributed by atoms with Gasteiger partial charge in [-0.3, -0.25) is 9.59 Å². The summed E-state index contributed by atoms with van der Waals surface area (Å²) in [7, 11) is 0. The maximum absolute atomic E-state index is 11.7. The molecule has 2 aromatic rings. The van der Waals surface area contributed by atoms with Crippen LogP contribution in [0.15, 0.2) is 24.4 Å². The average molecular weight is 372 g/mol. The highest BCUT2D eigenvalue weighted by Gasteiger charge is 2.09. The molecule has 2 amide bonds. The zero-order valence-corrected chi connectivity index (χ0v) is 14.7. The number of amides is 2. The van der Waals surface area contributed by atoms with Crippen molar-refractivity contribution >= 4 is 51.5 Å². The summed E-state index contributed by atoms with van der Waals surface area (Å²) in [6.07, 6.45) is 2.50. The zero-order chi connectivity index (χ0) is 16.8. The van der Waals surface area contributed by atoms with E-state index in [1.54, 1.807) is 18.3 Å². The van der Waals surface area contributed by atoms with Crippen LogP contribution in [0.3, 0.4) is 0 Å². The first kappa shape index (κ1) is 17.7. The molecular weight excluding hydrogens is 357 g/mol.